The Kier molecular flexibility index (Phi) is 4.84. The van der Waals surface area contributed by atoms with Crippen LogP contribution in [0.1, 0.15) is 10.6 Å². The Balaban J connectivity index is 1.59. The number of hydrogen-bond acceptors (Lipinski definition) is 4. The highest BCUT2D eigenvalue weighted by Gasteiger charge is 2.33. The molecule has 0 bridgehead atoms. The van der Waals surface area contributed by atoms with Gasteiger partial charge in [0.25, 0.3) is 0 Å². The summed E-state index contributed by atoms with van der Waals surface area (Å²) in [4.78, 5) is 5.95. The molecule has 0 saturated heterocycles. The van der Waals surface area contributed by atoms with Crippen molar-refractivity contribution in [3.63, 3.8) is 0 Å². The topological polar surface area (TPSA) is 60.2 Å². The SMILES string of the molecule is N=C1C(c2nc(-c3ccc(Cl)cc3)cs2)=C(O)CN1c1ccc(C(F)(F)F)cc1. The number of aliphatic hydroxyl groups is 1. The molecule has 3 aromatic rings. The van der Waals surface area contributed by atoms with Crippen molar-refractivity contribution in [2.24, 2.45) is 0 Å². The second-order valence-corrected chi connectivity index (χ2v) is 7.64. The Morgan fingerprint density at radius 2 is 1.72 bits per heavy atom. The third-order valence-electron chi connectivity index (χ3n) is 4.47. The van der Waals surface area contributed by atoms with Crippen molar-refractivity contribution in [1.82, 2.24) is 4.98 Å². The van der Waals surface area contributed by atoms with E-state index in [4.69, 9.17) is 17.0 Å². The lowest BCUT2D eigenvalue weighted by molar-refractivity contribution is -0.137. The maximum atomic E-state index is 12.8. The van der Waals surface area contributed by atoms with Crippen LogP contribution in [0.3, 0.4) is 0 Å². The monoisotopic (exact) mass is 435 g/mol. The Hall–Kier alpha value is -2.84. The summed E-state index contributed by atoms with van der Waals surface area (Å²) in [6.45, 7) is -0.00457. The molecule has 2 heterocycles. The van der Waals surface area contributed by atoms with Crippen LogP contribution in [0.25, 0.3) is 16.8 Å². The highest BCUT2D eigenvalue weighted by molar-refractivity contribution is 7.11. The van der Waals surface area contributed by atoms with Crippen LogP contribution in [-0.4, -0.2) is 22.5 Å². The minimum absolute atomic E-state index is 0.00457. The molecule has 4 rings (SSSR count). The van der Waals surface area contributed by atoms with Gasteiger partial charge in [-0.05, 0) is 36.4 Å². The average Bonchev–Trinajstić information content (AvgIpc) is 3.26. The van der Waals surface area contributed by atoms with E-state index >= 15 is 0 Å². The third-order valence-corrected chi connectivity index (χ3v) is 5.58. The van der Waals surface area contributed by atoms with E-state index in [-0.39, 0.29) is 23.7 Å². The zero-order valence-corrected chi connectivity index (χ0v) is 16.2. The average molecular weight is 436 g/mol. The van der Waals surface area contributed by atoms with Crippen molar-refractivity contribution in [2.75, 3.05) is 11.4 Å². The zero-order valence-electron chi connectivity index (χ0n) is 14.7. The van der Waals surface area contributed by atoms with E-state index in [0.717, 1.165) is 17.7 Å². The lowest BCUT2D eigenvalue weighted by Gasteiger charge is -2.19. The Bertz CT molecular complexity index is 1110. The summed E-state index contributed by atoms with van der Waals surface area (Å²) in [5.74, 6) is -0.0637. The second kappa shape index (κ2) is 7.20. The standard InChI is InChI=1S/C20H13ClF3N3OS/c21-13-5-1-11(2-6-13)15-10-29-19(26-15)17-16(28)9-27(18(17)25)14-7-3-12(4-8-14)20(22,23)24/h1-8,10,25,28H,9H2. The Morgan fingerprint density at radius 1 is 1.07 bits per heavy atom. The van der Waals surface area contributed by atoms with Crippen LogP contribution in [0.2, 0.25) is 5.02 Å². The molecular formula is C20H13ClF3N3OS. The summed E-state index contributed by atoms with van der Waals surface area (Å²) < 4.78 is 38.3. The van der Waals surface area contributed by atoms with Crippen molar-refractivity contribution < 1.29 is 18.3 Å². The Labute approximate surface area is 173 Å². The number of benzene rings is 2. The van der Waals surface area contributed by atoms with Crippen LogP contribution >= 0.6 is 22.9 Å². The van der Waals surface area contributed by atoms with E-state index in [1.807, 2.05) is 17.5 Å². The van der Waals surface area contributed by atoms with Crippen LogP contribution < -0.4 is 4.90 Å². The molecule has 2 N–H and O–H groups in total. The predicted octanol–water partition coefficient (Wildman–Crippen LogP) is 6.25. The van der Waals surface area contributed by atoms with E-state index in [0.29, 0.717) is 21.4 Å². The highest BCUT2D eigenvalue weighted by atomic mass is 35.5. The maximum Gasteiger partial charge on any atom is 0.416 e. The first-order chi connectivity index (χ1) is 13.7. The minimum atomic E-state index is -4.43. The second-order valence-electron chi connectivity index (χ2n) is 6.35. The molecule has 148 valence electrons. The molecule has 0 radical (unpaired) electrons. The van der Waals surface area contributed by atoms with E-state index in [9.17, 15) is 18.3 Å². The molecule has 0 spiro atoms. The molecular weight excluding hydrogens is 423 g/mol. The molecule has 1 aromatic heterocycles. The number of hydrogen-bond donors (Lipinski definition) is 2. The molecule has 0 fully saturated rings. The summed E-state index contributed by atoms with van der Waals surface area (Å²) in [6, 6.07) is 11.6. The van der Waals surface area contributed by atoms with Gasteiger partial charge in [-0.3, -0.25) is 5.41 Å². The van der Waals surface area contributed by atoms with Crippen molar-refractivity contribution >= 4 is 40.0 Å². The van der Waals surface area contributed by atoms with Gasteiger partial charge in [-0.1, -0.05) is 23.7 Å². The molecule has 1 aliphatic heterocycles. The molecule has 0 saturated carbocycles. The van der Waals surface area contributed by atoms with E-state index in [1.165, 1.54) is 28.4 Å². The fourth-order valence-electron chi connectivity index (χ4n) is 3.00. The maximum absolute atomic E-state index is 12.8. The zero-order chi connectivity index (χ0) is 20.8. The lowest BCUT2D eigenvalue weighted by Crippen LogP contribution is -2.26. The number of nitrogens with one attached hydrogen (secondary N) is 1. The van der Waals surface area contributed by atoms with E-state index < -0.39 is 11.7 Å². The number of halogens is 4. The number of rotatable bonds is 3. The number of amidine groups is 1. The van der Waals surface area contributed by atoms with Crippen molar-refractivity contribution in [1.29, 1.82) is 5.41 Å². The number of aromatic nitrogens is 1. The van der Waals surface area contributed by atoms with Crippen LogP contribution in [0, 0.1) is 5.41 Å². The lowest BCUT2D eigenvalue weighted by atomic mass is 10.2. The first kappa shape index (κ1) is 19.5. The van der Waals surface area contributed by atoms with Gasteiger partial charge in [0.15, 0.2) is 0 Å². The summed E-state index contributed by atoms with van der Waals surface area (Å²) in [6.07, 6.45) is -4.43. The molecule has 4 nitrogen and oxygen atoms in total. The predicted molar refractivity (Wildman–Crippen MR) is 109 cm³/mol. The smallest absolute Gasteiger partial charge is 0.416 e. The fraction of sp³-hybridized carbons (Fsp3) is 0.100. The number of thiazole rings is 1. The quantitative estimate of drug-likeness (QED) is 0.511. The number of nitrogens with zero attached hydrogens (tertiary/aromatic N) is 2. The van der Waals surface area contributed by atoms with E-state index in [1.54, 1.807) is 12.1 Å². The number of alkyl halides is 3. The van der Waals surface area contributed by atoms with Gasteiger partial charge >= 0.3 is 6.18 Å². The van der Waals surface area contributed by atoms with Gasteiger partial charge in [0.2, 0.25) is 0 Å². The van der Waals surface area contributed by atoms with Gasteiger partial charge in [0.1, 0.15) is 16.6 Å². The summed E-state index contributed by atoms with van der Waals surface area (Å²) in [7, 11) is 0. The molecule has 0 unspecified atom stereocenters. The molecule has 9 heteroatoms. The third kappa shape index (κ3) is 3.73. The van der Waals surface area contributed by atoms with Gasteiger partial charge in [-0.25, -0.2) is 4.98 Å². The normalized spacial score (nSPS) is 14.8. The van der Waals surface area contributed by atoms with Gasteiger partial charge < -0.3 is 10.0 Å². The van der Waals surface area contributed by atoms with Crippen LogP contribution in [-0.2, 0) is 6.18 Å². The molecule has 0 aliphatic carbocycles. The van der Waals surface area contributed by atoms with Gasteiger partial charge in [0.05, 0.1) is 23.4 Å². The van der Waals surface area contributed by atoms with Gasteiger partial charge in [0, 0.05) is 21.7 Å². The van der Waals surface area contributed by atoms with E-state index in [2.05, 4.69) is 4.98 Å². The Morgan fingerprint density at radius 3 is 2.34 bits per heavy atom. The molecule has 29 heavy (non-hydrogen) atoms. The van der Waals surface area contributed by atoms with Crippen molar-refractivity contribution in [3.8, 4) is 11.3 Å². The first-order valence-corrected chi connectivity index (χ1v) is 9.67. The molecule has 0 atom stereocenters. The van der Waals surface area contributed by atoms with Crippen LogP contribution in [0.15, 0.2) is 59.7 Å². The number of anilines is 1. The fourth-order valence-corrected chi connectivity index (χ4v) is 4.02. The molecule has 1 aliphatic rings. The van der Waals surface area contributed by atoms with Crippen molar-refractivity contribution in [3.05, 3.63) is 75.3 Å². The molecule has 2 aromatic carbocycles. The summed E-state index contributed by atoms with van der Waals surface area (Å²) in [5, 5.41) is 21.7. The highest BCUT2D eigenvalue weighted by Crippen LogP contribution is 2.36. The summed E-state index contributed by atoms with van der Waals surface area (Å²) in [5.41, 5.74) is 1.43. The van der Waals surface area contributed by atoms with Crippen LogP contribution in [0.5, 0.6) is 0 Å². The first-order valence-electron chi connectivity index (χ1n) is 8.41. The minimum Gasteiger partial charge on any atom is -0.510 e. The largest absolute Gasteiger partial charge is 0.510 e. The van der Waals surface area contributed by atoms with Gasteiger partial charge in [-0.15, -0.1) is 11.3 Å². The van der Waals surface area contributed by atoms with Crippen LogP contribution in [0.4, 0.5) is 18.9 Å². The van der Waals surface area contributed by atoms with Crippen molar-refractivity contribution in [2.45, 2.75) is 6.18 Å². The number of aliphatic hydroxyl groups excluding tert-OH is 1. The van der Waals surface area contributed by atoms with Gasteiger partial charge in [-0.2, -0.15) is 13.2 Å². The molecule has 0 amide bonds. The summed E-state index contributed by atoms with van der Waals surface area (Å²) >= 11 is 7.18.